The lowest BCUT2D eigenvalue weighted by atomic mass is 9.95. The van der Waals surface area contributed by atoms with Gasteiger partial charge in [-0.25, -0.2) is 4.98 Å². The molecule has 0 spiro atoms. The van der Waals surface area contributed by atoms with Gasteiger partial charge in [0.25, 0.3) is 5.78 Å². The predicted molar refractivity (Wildman–Crippen MR) is 162 cm³/mol. The number of aliphatic hydroxyl groups is 1. The maximum absolute atomic E-state index is 13.7. The van der Waals surface area contributed by atoms with Crippen molar-refractivity contribution >= 4 is 44.1 Å². The highest BCUT2D eigenvalue weighted by Crippen LogP contribution is 2.45. The molecule has 42 heavy (non-hydrogen) atoms. The summed E-state index contributed by atoms with van der Waals surface area (Å²) >= 11 is 1.26. The molecule has 1 atom stereocenters. The van der Waals surface area contributed by atoms with Crippen LogP contribution in [-0.4, -0.2) is 35.5 Å². The Morgan fingerprint density at radius 1 is 0.881 bits per heavy atom. The van der Waals surface area contributed by atoms with E-state index in [1.165, 1.54) is 16.2 Å². The lowest BCUT2D eigenvalue weighted by Gasteiger charge is -2.23. The lowest BCUT2D eigenvalue weighted by Crippen LogP contribution is -2.29. The number of Topliss-reactive ketones (excluding diaryl/α,β-unsaturated/α-hetero) is 1. The van der Waals surface area contributed by atoms with Crippen LogP contribution in [0, 0.1) is 0 Å². The molecular formula is C33H26N2O6S. The lowest BCUT2D eigenvalue weighted by molar-refractivity contribution is -0.132. The predicted octanol–water partition coefficient (Wildman–Crippen LogP) is 7.12. The standard InChI is InChI=1S/C33H26N2O6S/c1-3-40-22-14-12-20(13-15-22)30(36)28-29(21-8-7-11-25(18-21)41-23-9-5-4-6-10-23)35(32(38)31(28)37)33-34-26-17-16-24(39-2)19-27(26)42-33/h4-19,29,36H,3H2,1-2H3/b30-28+. The van der Waals surface area contributed by atoms with E-state index in [1.54, 1.807) is 67.8 Å². The van der Waals surface area contributed by atoms with E-state index in [2.05, 4.69) is 4.98 Å². The van der Waals surface area contributed by atoms with Gasteiger partial charge in [0.2, 0.25) is 0 Å². The van der Waals surface area contributed by atoms with Crippen molar-refractivity contribution in [2.24, 2.45) is 0 Å². The van der Waals surface area contributed by atoms with Crippen molar-refractivity contribution in [3.05, 3.63) is 114 Å². The average molecular weight is 579 g/mol. The normalized spacial score (nSPS) is 16.1. The van der Waals surface area contributed by atoms with Gasteiger partial charge in [-0.15, -0.1) is 0 Å². The first-order valence-corrected chi connectivity index (χ1v) is 14.1. The number of ether oxygens (including phenoxy) is 3. The van der Waals surface area contributed by atoms with Crippen molar-refractivity contribution < 1.29 is 28.9 Å². The second-order valence-electron chi connectivity index (χ2n) is 9.44. The van der Waals surface area contributed by atoms with Gasteiger partial charge in [-0.2, -0.15) is 0 Å². The molecule has 6 rings (SSSR count). The van der Waals surface area contributed by atoms with E-state index in [-0.39, 0.29) is 11.3 Å². The number of para-hydroxylation sites is 1. The van der Waals surface area contributed by atoms with Crippen LogP contribution >= 0.6 is 11.3 Å². The number of hydrogen-bond donors (Lipinski definition) is 1. The maximum Gasteiger partial charge on any atom is 0.301 e. The van der Waals surface area contributed by atoms with E-state index in [0.717, 1.165) is 4.70 Å². The number of benzene rings is 4. The van der Waals surface area contributed by atoms with Gasteiger partial charge in [0.1, 0.15) is 28.8 Å². The number of thiazole rings is 1. The molecule has 1 aliphatic heterocycles. The van der Waals surface area contributed by atoms with Gasteiger partial charge >= 0.3 is 5.91 Å². The number of amides is 1. The van der Waals surface area contributed by atoms with Crippen LogP contribution in [0.25, 0.3) is 16.0 Å². The monoisotopic (exact) mass is 578 g/mol. The largest absolute Gasteiger partial charge is 0.507 e. The van der Waals surface area contributed by atoms with Gasteiger partial charge in [-0.3, -0.25) is 14.5 Å². The van der Waals surface area contributed by atoms with Crippen molar-refractivity contribution in [1.82, 2.24) is 4.98 Å². The average Bonchev–Trinajstić information content (AvgIpc) is 3.55. The molecule has 0 aliphatic carbocycles. The minimum absolute atomic E-state index is 0.0437. The molecule has 1 aliphatic rings. The molecule has 2 heterocycles. The number of rotatable bonds is 8. The molecule has 4 aromatic carbocycles. The number of ketones is 1. The highest BCUT2D eigenvalue weighted by atomic mass is 32.1. The van der Waals surface area contributed by atoms with Crippen molar-refractivity contribution in [1.29, 1.82) is 0 Å². The number of carbonyl (C=O) groups is 2. The third-order valence-corrected chi connectivity index (χ3v) is 7.84. The minimum atomic E-state index is -0.960. The molecule has 1 unspecified atom stereocenters. The van der Waals surface area contributed by atoms with E-state index in [4.69, 9.17) is 14.2 Å². The topological polar surface area (TPSA) is 98.2 Å². The third-order valence-electron chi connectivity index (χ3n) is 6.83. The van der Waals surface area contributed by atoms with Gasteiger partial charge in [0.05, 0.1) is 35.5 Å². The number of fused-ring (bicyclic) bond motifs is 1. The third kappa shape index (κ3) is 5.06. The number of methoxy groups -OCH3 is 1. The molecule has 1 fully saturated rings. The Bertz CT molecular complexity index is 1810. The van der Waals surface area contributed by atoms with Crippen molar-refractivity contribution in [2.45, 2.75) is 13.0 Å². The van der Waals surface area contributed by atoms with Crippen molar-refractivity contribution in [3.63, 3.8) is 0 Å². The Morgan fingerprint density at radius 2 is 1.62 bits per heavy atom. The smallest absolute Gasteiger partial charge is 0.301 e. The summed E-state index contributed by atoms with van der Waals surface area (Å²) in [6.07, 6.45) is 0. The molecule has 0 bridgehead atoms. The van der Waals surface area contributed by atoms with Crippen molar-refractivity contribution in [3.8, 4) is 23.0 Å². The van der Waals surface area contributed by atoms with Crippen LogP contribution in [-0.2, 0) is 9.59 Å². The molecule has 1 N–H and O–H groups in total. The summed E-state index contributed by atoms with van der Waals surface area (Å²) < 4.78 is 17.7. The van der Waals surface area contributed by atoms with Crippen molar-refractivity contribution in [2.75, 3.05) is 18.6 Å². The van der Waals surface area contributed by atoms with Crippen LogP contribution < -0.4 is 19.1 Å². The number of aliphatic hydroxyl groups excluding tert-OH is 1. The van der Waals surface area contributed by atoms with E-state index < -0.39 is 17.7 Å². The van der Waals surface area contributed by atoms with Gasteiger partial charge in [-0.05, 0) is 79.2 Å². The summed E-state index contributed by atoms with van der Waals surface area (Å²) in [6, 6.07) is 27.6. The van der Waals surface area contributed by atoms with Crippen LogP contribution in [0.5, 0.6) is 23.0 Å². The van der Waals surface area contributed by atoms with Gasteiger partial charge in [0, 0.05) is 5.56 Å². The zero-order valence-corrected chi connectivity index (χ0v) is 23.6. The molecule has 1 amide bonds. The van der Waals surface area contributed by atoms with Gasteiger partial charge in [-0.1, -0.05) is 41.7 Å². The highest BCUT2D eigenvalue weighted by molar-refractivity contribution is 7.22. The molecule has 0 radical (unpaired) electrons. The summed E-state index contributed by atoms with van der Waals surface area (Å²) in [5.74, 6) is 0.545. The summed E-state index contributed by atoms with van der Waals surface area (Å²) in [4.78, 5) is 33.3. The molecule has 0 saturated carbocycles. The number of hydrogen-bond acceptors (Lipinski definition) is 8. The van der Waals surface area contributed by atoms with Gasteiger partial charge < -0.3 is 19.3 Å². The maximum atomic E-state index is 13.7. The zero-order valence-electron chi connectivity index (χ0n) is 22.8. The Labute approximate surface area is 246 Å². The van der Waals surface area contributed by atoms with Crippen LogP contribution in [0.3, 0.4) is 0 Å². The van der Waals surface area contributed by atoms with E-state index in [0.29, 0.717) is 51.4 Å². The summed E-state index contributed by atoms with van der Waals surface area (Å²) in [6.45, 7) is 2.37. The Kier molecular flexibility index (Phi) is 7.33. The van der Waals surface area contributed by atoms with Crippen LogP contribution in [0.15, 0.2) is 103 Å². The fraction of sp³-hybridized carbons (Fsp3) is 0.121. The van der Waals surface area contributed by atoms with E-state index in [9.17, 15) is 14.7 Å². The first-order valence-electron chi connectivity index (χ1n) is 13.3. The fourth-order valence-electron chi connectivity index (χ4n) is 4.87. The van der Waals surface area contributed by atoms with Crippen LogP contribution in [0.4, 0.5) is 5.13 Å². The number of anilines is 1. The number of nitrogens with zero attached hydrogens (tertiary/aromatic N) is 2. The molecule has 1 aromatic heterocycles. The first-order chi connectivity index (χ1) is 20.5. The second kappa shape index (κ2) is 11.4. The van der Waals surface area contributed by atoms with Crippen LogP contribution in [0.1, 0.15) is 24.1 Å². The Morgan fingerprint density at radius 3 is 2.36 bits per heavy atom. The fourth-order valence-corrected chi connectivity index (χ4v) is 5.89. The number of aromatic nitrogens is 1. The molecule has 1 saturated heterocycles. The minimum Gasteiger partial charge on any atom is -0.507 e. The molecule has 9 heteroatoms. The van der Waals surface area contributed by atoms with Gasteiger partial charge in [0.15, 0.2) is 5.13 Å². The van der Waals surface area contributed by atoms with E-state index >= 15 is 0 Å². The molecular weight excluding hydrogens is 552 g/mol. The summed E-state index contributed by atoms with van der Waals surface area (Å²) in [7, 11) is 1.58. The van der Waals surface area contributed by atoms with E-state index in [1.807, 2.05) is 43.3 Å². The number of carbonyl (C=O) groups excluding carboxylic acids is 2. The SMILES string of the molecule is CCOc1ccc(/C(O)=C2\C(=O)C(=O)N(c3nc4ccc(OC)cc4s3)C2c2cccc(Oc3ccccc3)c2)cc1. The summed E-state index contributed by atoms with van der Waals surface area (Å²) in [5.41, 5.74) is 1.57. The Balaban J connectivity index is 1.49. The quantitative estimate of drug-likeness (QED) is 0.119. The second-order valence-corrected chi connectivity index (χ2v) is 10.5. The summed E-state index contributed by atoms with van der Waals surface area (Å²) in [5, 5.41) is 11.8. The molecule has 210 valence electrons. The zero-order chi connectivity index (χ0) is 29.2. The Hall–Kier alpha value is -5.15. The van der Waals surface area contributed by atoms with Crippen LogP contribution in [0.2, 0.25) is 0 Å². The molecule has 5 aromatic rings. The first kappa shape index (κ1) is 27.0. The highest BCUT2D eigenvalue weighted by Gasteiger charge is 2.48. The molecule has 8 nitrogen and oxygen atoms in total.